The Labute approximate surface area is 204 Å². The largest absolute Gasteiger partial charge is 0.355 e. The van der Waals surface area contributed by atoms with Gasteiger partial charge >= 0.3 is 0 Å². The van der Waals surface area contributed by atoms with E-state index in [1.165, 1.54) is 24.3 Å². The first-order valence-electron chi connectivity index (χ1n) is 10.8. The number of carbonyl (C=O) groups excluding carboxylic acids is 3. The first-order valence-corrected chi connectivity index (χ1v) is 10.8. The van der Waals surface area contributed by atoms with Crippen molar-refractivity contribution in [1.82, 2.24) is 4.98 Å². The van der Waals surface area contributed by atoms with E-state index in [0.29, 0.717) is 5.69 Å². The lowest BCUT2D eigenvalue weighted by atomic mass is 10.1. The van der Waals surface area contributed by atoms with Crippen molar-refractivity contribution in [2.45, 2.75) is 0 Å². The first kappa shape index (κ1) is 22.4. The lowest BCUT2D eigenvalue weighted by molar-refractivity contribution is -0.385. The van der Waals surface area contributed by atoms with Crippen LogP contribution >= 0.6 is 0 Å². The van der Waals surface area contributed by atoms with Crippen molar-refractivity contribution >= 4 is 46.2 Å². The van der Waals surface area contributed by atoms with Gasteiger partial charge in [-0.3, -0.25) is 29.5 Å². The third-order valence-corrected chi connectivity index (χ3v) is 5.59. The molecule has 1 aliphatic heterocycles. The van der Waals surface area contributed by atoms with Crippen LogP contribution in [0.15, 0.2) is 91.3 Å². The SMILES string of the molecule is O=C(Nc1ccc(Nc2ccncc2)cc1)c1ccc(N2C(=O)c3ccccc3C2=O)cc1[N+](=O)[O-]. The highest BCUT2D eigenvalue weighted by Gasteiger charge is 2.37. The number of rotatable bonds is 6. The molecule has 0 spiro atoms. The van der Waals surface area contributed by atoms with Crippen LogP contribution in [0.4, 0.5) is 28.4 Å². The maximum atomic E-state index is 12.9. The molecule has 3 amide bonds. The van der Waals surface area contributed by atoms with Gasteiger partial charge < -0.3 is 10.6 Å². The molecule has 4 aromatic rings. The van der Waals surface area contributed by atoms with Crippen molar-refractivity contribution in [2.75, 3.05) is 15.5 Å². The van der Waals surface area contributed by atoms with Crippen LogP contribution in [0.5, 0.6) is 0 Å². The molecule has 0 atom stereocenters. The molecule has 36 heavy (non-hydrogen) atoms. The number of aromatic nitrogens is 1. The van der Waals surface area contributed by atoms with Gasteiger partial charge in [-0.25, -0.2) is 4.90 Å². The molecule has 2 N–H and O–H groups in total. The molecule has 0 unspecified atom stereocenters. The molecule has 0 aliphatic carbocycles. The van der Waals surface area contributed by atoms with Gasteiger partial charge in [0.1, 0.15) is 5.56 Å². The van der Waals surface area contributed by atoms with E-state index in [9.17, 15) is 24.5 Å². The Bertz CT molecular complexity index is 1480. The number of nitrogens with one attached hydrogen (secondary N) is 2. The average molecular weight is 479 g/mol. The normalized spacial score (nSPS) is 12.3. The molecule has 3 aromatic carbocycles. The van der Waals surface area contributed by atoms with Crippen LogP contribution in [-0.4, -0.2) is 27.6 Å². The number of hydrogen-bond donors (Lipinski definition) is 2. The molecule has 1 aromatic heterocycles. The van der Waals surface area contributed by atoms with Crippen molar-refractivity contribution in [3.63, 3.8) is 0 Å². The van der Waals surface area contributed by atoms with Gasteiger partial charge in [0.05, 0.1) is 21.7 Å². The molecule has 0 radical (unpaired) electrons. The van der Waals surface area contributed by atoms with E-state index in [0.717, 1.165) is 22.3 Å². The minimum atomic E-state index is -0.724. The number of anilines is 4. The molecule has 0 saturated carbocycles. The molecule has 2 heterocycles. The van der Waals surface area contributed by atoms with Gasteiger partial charge in [0, 0.05) is 35.5 Å². The van der Waals surface area contributed by atoms with Gasteiger partial charge in [0.2, 0.25) is 0 Å². The summed E-state index contributed by atoms with van der Waals surface area (Å²) < 4.78 is 0. The summed E-state index contributed by atoms with van der Waals surface area (Å²) in [7, 11) is 0. The number of imide groups is 1. The predicted octanol–water partition coefficient (Wildman–Crippen LogP) is 4.79. The predicted molar refractivity (Wildman–Crippen MR) is 133 cm³/mol. The second-order valence-corrected chi connectivity index (χ2v) is 7.84. The van der Waals surface area contributed by atoms with Crippen LogP contribution in [0.1, 0.15) is 31.1 Å². The van der Waals surface area contributed by atoms with E-state index in [1.807, 2.05) is 0 Å². The van der Waals surface area contributed by atoms with Crippen molar-refractivity contribution in [2.24, 2.45) is 0 Å². The summed E-state index contributed by atoms with van der Waals surface area (Å²) in [4.78, 5) is 54.2. The van der Waals surface area contributed by atoms with Gasteiger partial charge in [0.25, 0.3) is 23.4 Å². The fourth-order valence-electron chi connectivity index (χ4n) is 3.86. The summed E-state index contributed by atoms with van der Waals surface area (Å²) in [5, 5.41) is 17.6. The number of nitrogens with zero attached hydrogens (tertiary/aromatic N) is 3. The molecule has 1 aliphatic rings. The van der Waals surface area contributed by atoms with E-state index < -0.39 is 28.3 Å². The Hall–Kier alpha value is -5.38. The van der Waals surface area contributed by atoms with E-state index in [1.54, 1.807) is 60.9 Å². The quantitative estimate of drug-likeness (QED) is 0.231. The molecular weight excluding hydrogens is 462 g/mol. The summed E-state index contributed by atoms with van der Waals surface area (Å²) in [5.74, 6) is -1.87. The van der Waals surface area contributed by atoms with Crippen LogP contribution in [0.3, 0.4) is 0 Å². The monoisotopic (exact) mass is 479 g/mol. The molecule has 5 rings (SSSR count). The highest BCUT2D eigenvalue weighted by molar-refractivity contribution is 6.34. The van der Waals surface area contributed by atoms with Crippen LogP contribution in [0, 0.1) is 10.1 Å². The maximum absolute atomic E-state index is 12.9. The van der Waals surface area contributed by atoms with E-state index in [2.05, 4.69) is 15.6 Å². The van der Waals surface area contributed by atoms with Gasteiger partial charge in [-0.2, -0.15) is 0 Å². The van der Waals surface area contributed by atoms with Crippen LogP contribution in [0.25, 0.3) is 0 Å². The number of carbonyl (C=O) groups is 3. The van der Waals surface area contributed by atoms with Gasteiger partial charge in [-0.1, -0.05) is 12.1 Å². The number of hydrogen-bond acceptors (Lipinski definition) is 7. The second kappa shape index (κ2) is 9.11. The number of amides is 3. The maximum Gasteiger partial charge on any atom is 0.284 e. The van der Waals surface area contributed by atoms with Gasteiger partial charge in [0.15, 0.2) is 0 Å². The third kappa shape index (κ3) is 4.14. The summed E-state index contributed by atoms with van der Waals surface area (Å²) >= 11 is 0. The zero-order chi connectivity index (χ0) is 25.2. The number of benzene rings is 3. The number of pyridine rings is 1. The zero-order valence-electron chi connectivity index (χ0n) is 18.5. The van der Waals surface area contributed by atoms with Crippen molar-refractivity contribution in [1.29, 1.82) is 0 Å². The Kier molecular flexibility index (Phi) is 5.67. The smallest absolute Gasteiger partial charge is 0.284 e. The molecule has 0 fully saturated rings. The van der Waals surface area contributed by atoms with E-state index >= 15 is 0 Å². The summed E-state index contributed by atoms with van der Waals surface area (Å²) in [6, 6.07) is 20.3. The summed E-state index contributed by atoms with van der Waals surface area (Å²) in [5.41, 5.74) is 1.75. The lowest BCUT2D eigenvalue weighted by Gasteiger charge is -2.15. The average Bonchev–Trinajstić information content (AvgIpc) is 3.15. The summed E-state index contributed by atoms with van der Waals surface area (Å²) in [6.45, 7) is 0. The fraction of sp³-hybridized carbons (Fsp3) is 0. The Balaban J connectivity index is 1.36. The molecule has 176 valence electrons. The Morgan fingerprint density at radius 2 is 1.39 bits per heavy atom. The molecule has 0 bridgehead atoms. The van der Waals surface area contributed by atoms with Crippen molar-refractivity contribution < 1.29 is 19.3 Å². The standard InChI is InChI=1S/C26H17N5O5/c32-24(29-17-7-5-16(6-8-17)28-18-11-13-27-14-12-18)22-10-9-19(15-23(22)31(35)36)30-25(33)20-3-1-2-4-21(20)26(30)34/h1-15H,(H,27,28)(H,29,32). The number of fused-ring (bicyclic) bond motifs is 1. The highest BCUT2D eigenvalue weighted by Crippen LogP contribution is 2.32. The summed E-state index contributed by atoms with van der Waals surface area (Å²) in [6.07, 6.45) is 3.31. The van der Waals surface area contributed by atoms with Crippen molar-refractivity contribution in [3.8, 4) is 0 Å². The number of nitro benzene ring substituents is 1. The molecule has 10 heteroatoms. The minimum absolute atomic E-state index is 0.0102. The van der Waals surface area contributed by atoms with E-state index in [4.69, 9.17) is 0 Å². The topological polar surface area (TPSA) is 135 Å². The Morgan fingerprint density at radius 1 is 0.806 bits per heavy atom. The fourth-order valence-corrected chi connectivity index (χ4v) is 3.86. The third-order valence-electron chi connectivity index (χ3n) is 5.59. The second-order valence-electron chi connectivity index (χ2n) is 7.84. The van der Waals surface area contributed by atoms with Crippen LogP contribution < -0.4 is 15.5 Å². The first-order chi connectivity index (χ1) is 17.4. The molecular formula is C26H17N5O5. The van der Waals surface area contributed by atoms with Gasteiger partial charge in [-0.05, 0) is 60.7 Å². The van der Waals surface area contributed by atoms with E-state index in [-0.39, 0.29) is 22.4 Å². The highest BCUT2D eigenvalue weighted by atomic mass is 16.6. The Morgan fingerprint density at radius 3 is 2.00 bits per heavy atom. The van der Waals surface area contributed by atoms with Crippen LogP contribution in [-0.2, 0) is 0 Å². The zero-order valence-corrected chi connectivity index (χ0v) is 18.5. The molecule has 0 saturated heterocycles. The molecule has 10 nitrogen and oxygen atoms in total. The van der Waals surface area contributed by atoms with Gasteiger partial charge in [-0.15, -0.1) is 0 Å². The number of nitro groups is 1. The van der Waals surface area contributed by atoms with Crippen LogP contribution in [0.2, 0.25) is 0 Å². The lowest BCUT2D eigenvalue weighted by Crippen LogP contribution is -2.29. The van der Waals surface area contributed by atoms with Crippen molar-refractivity contribution in [3.05, 3.63) is 118 Å². The minimum Gasteiger partial charge on any atom is -0.355 e.